The van der Waals surface area contributed by atoms with E-state index in [4.69, 9.17) is 23.2 Å². The van der Waals surface area contributed by atoms with E-state index in [0.29, 0.717) is 22.6 Å². The topological polar surface area (TPSA) is 29.9 Å². The molecule has 1 N–H and O–H groups in total. The third-order valence-corrected chi connectivity index (χ3v) is 3.88. The number of aromatic nitrogens is 2. The van der Waals surface area contributed by atoms with Crippen LogP contribution in [-0.2, 0) is 6.54 Å². The second kappa shape index (κ2) is 6.06. The zero-order valence-electron chi connectivity index (χ0n) is 12.2. The van der Waals surface area contributed by atoms with Crippen molar-refractivity contribution in [2.75, 3.05) is 5.32 Å². The number of nitrogens with zero attached hydrogens (tertiary/aromatic N) is 2. The molecule has 0 aliphatic rings. The van der Waals surface area contributed by atoms with Crippen LogP contribution in [0.2, 0.25) is 10.0 Å². The number of halogens is 2. The van der Waals surface area contributed by atoms with Gasteiger partial charge >= 0.3 is 0 Å². The van der Waals surface area contributed by atoms with Crippen molar-refractivity contribution in [3.05, 3.63) is 45.2 Å². The Balaban J connectivity index is 2.21. The van der Waals surface area contributed by atoms with Crippen LogP contribution < -0.4 is 5.32 Å². The monoisotopic (exact) mass is 311 g/mol. The van der Waals surface area contributed by atoms with Gasteiger partial charge in [-0.25, -0.2) is 0 Å². The van der Waals surface area contributed by atoms with E-state index >= 15 is 0 Å². The number of nitrogens with one attached hydrogen (secondary N) is 1. The number of aryl methyl sites for hydroxylation is 1. The molecule has 0 radical (unpaired) electrons. The van der Waals surface area contributed by atoms with E-state index in [1.54, 1.807) is 6.07 Å². The highest BCUT2D eigenvalue weighted by atomic mass is 35.5. The molecule has 0 aliphatic heterocycles. The first-order valence-electron chi connectivity index (χ1n) is 6.63. The largest absolute Gasteiger partial charge is 0.378 e. The van der Waals surface area contributed by atoms with Gasteiger partial charge in [0.25, 0.3) is 0 Å². The SMILES string of the molecule is Cc1nn(C(C)C)c(C)c1NCc1cc(Cl)ccc1Cl. The molecule has 0 unspecified atom stereocenters. The molecule has 0 atom stereocenters. The minimum absolute atomic E-state index is 0.346. The minimum Gasteiger partial charge on any atom is -0.378 e. The standard InChI is InChI=1S/C15H19Cl2N3/c1-9(2)20-11(4)15(10(3)19-20)18-8-12-7-13(16)5-6-14(12)17/h5-7,9,18H,8H2,1-4H3. The number of rotatable bonds is 4. The number of benzene rings is 1. The summed E-state index contributed by atoms with van der Waals surface area (Å²) in [6.45, 7) is 8.95. The molecule has 1 heterocycles. The van der Waals surface area contributed by atoms with Crippen molar-refractivity contribution in [3.8, 4) is 0 Å². The fraction of sp³-hybridized carbons (Fsp3) is 0.400. The average Bonchev–Trinajstić information content (AvgIpc) is 2.67. The second-order valence-corrected chi connectivity index (χ2v) is 6.02. The zero-order valence-corrected chi connectivity index (χ0v) is 13.7. The van der Waals surface area contributed by atoms with Gasteiger partial charge < -0.3 is 5.32 Å². The van der Waals surface area contributed by atoms with Gasteiger partial charge in [-0.3, -0.25) is 4.68 Å². The molecule has 0 bridgehead atoms. The second-order valence-electron chi connectivity index (χ2n) is 5.17. The van der Waals surface area contributed by atoms with Crippen molar-refractivity contribution in [1.82, 2.24) is 9.78 Å². The first-order chi connectivity index (χ1) is 9.40. The molecule has 0 saturated carbocycles. The normalized spacial score (nSPS) is 11.2. The van der Waals surface area contributed by atoms with Crippen molar-refractivity contribution < 1.29 is 0 Å². The van der Waals surface area contributed by atoms with Crippen molar-refractivity contribution in [1.29, 1.82) is 0 Å². The summed E-state index contributed by atoms with van der Waals surface area (Å²) < 4.78 is 2.03. The van der Waals surface area contributed by atoms with Crippen molar-refractivity contribution >= 4 is 28.9 Å². The third-order valence-electron chi connectivity index (χ3n) is 3.28. The quantitative estimate of drug-likeness (QED) is 0.861. The van der Waals surface area contributed by atoms with Crippen LogP contribution in [0.4, 0.5) is 5.69 Å². The summed E-state index contributed by atoms with van der Waals surface area (Å²) in [5.41, 5.74) is 4.18. The summed E-state index contributed by atoms with van der Waals surface area (Å²) >= 11 is 12.2. The smallest absolute Gasteiger partial charge is 0.0828 e. The summed E-state index contributed by atoms with van der Waals surface area (Å²) in [6.07, 6.45) is 0. The maximum absolute atomic E-state index is 6.18. The van der Waals surface area contributed by atoms with Crippen molar-refractivity contribution in [2.24, 2.45) is 0 Å². The molecule has 1 aromatic heterocycles. The number of hydrogen-bond acceptors (Lipinski definition) is 2. The van der Waals surface area contributed by atoms with E-state index in [9.17, 15) is 0 Å². The molecule has 0 saturated heterocycles. The van der Waals surface area contributed by atoms with Crippen LogP contribution in [0, 0.1) is 13.8 Å². The number of hydrogen-bond donors (Lipinski definition) is 1. The summed E-state index contributed by atoms with van der Waals surface area (Å²) in [4.78, 5) is 0. The maximum Gasteiger partial charge on any atom is 0.0828 e. The van der Waals surface area contributed by atoms with E-state index in [2.05, 4.69) is 31.2 Å². The lowest BCUT2D eigenvalue weighted by atomic mass is 10.2. The van der Waals surface area contributed by atoms with E-state index in [-0.39, 0.29) is 0 Å². The highest BCUT2D eigenvalue weighted by Gasteiger charge is 2.13. The molecule has 20 heavy (non-hydrogen) atoms. The van der Waals surface area contributed by atoms with Gasteiger partial charge in [0.2, 0.25) is 0 Å². The molecule has 0 fully saturated rings. The van der Waals surface area contributed by atoms with Gasteiger partial charge in [-0.05, 0) is 51.5 Å². The Morgan fingerprint density at radius 3 is 2.55 bits per heavy atom. The Bertz CT molecular complexity index is 618. The van der Waals surface area contributed by atoms with Gasteiger partial charge in [0.1, 0.15) is 0 Å². The Morgan fingerprint density at radius 1 is 1.25 bits per heavy atom. The lowest BCUT2D eigenvalue weighted by Gasteiger charge is -2.11. The predicted molar refractivity (Wildman–Crippen MR) is 85.9 cm³/mol. The molecule has 2 rings (SSSR count). The van der Waals surface area contributed by atoms with E-state index in [1.807, 2.05) is 23.7 Å². The lowest BCUT2D eigenvalue weighted by Crippen LogP contribution is -2.06. The van der Waals surface area contributed by atoms with Gasteiger partial charge in [-0.2, -0.15) is 5.10 Å². The van der Waals surface area contributed by atoms with Crippen molar-refractivity contribution in [3.63, 3.8) is 0 Å². The Labute approximate surface area is 129 Å². The first kappa shape index (κ1) is 15.2. The van der Waals surface area contributed by atoms with Crippen LogP contribution in [0.3, 0.4) is 0 Å². The van der Waals surface area contributed by atoms with E-state index < -0.39 is 0 Å². The van der Waals surface area contributed by atoms with Crippen molar-refractivity contribution in [2.45, 2.75) is 40.3 Å². The molecular formula is C15H19Cl2N3. The molecule has 3 nitrogen and oxygen atoms in total. The van der Waals surface area contributed by atoms with Crippen LogP contribution in [0.25, 0.3) is 0 Å². The summed E-state index contributed by atoms with van der Waals surface area (Å²) in [6, 6.07) is 5.84. The molecule has 0 spiro atoms. The Hall–Kier alpha value is -1.19. The fourth-order valence-electron chi connectivity index (χ4n) is 2.28. The molecule has 108 valence electrons. The molecule has 5 heteroatoms. The summed E-state index contributed by atoms with van der Waals surface area (Å²) in [5.74, 6) is 0. The molecule has 1 aromatic carbocycles. The van der Waals surface area contributed by atoms with E-state index in [1.165, 1.54) is 0 Å². The zero-order chi connectivity index (χ0) is 14.9. The fourth-order valence-corrected chi connectivity index (χ4v) is 2.66. The maximum atomic E-state index is 6.18. The van der Waals surface area contributed by atoms with Gasteiger partial charge in [0.15, 0.2) is 0 Å². The molecule has 0 amide bonds. The highest BCUT2D eigenvalue weighted by Crippen LogP contribution is 2.25. The first-order valence-corrected chi connectivity index (χ1v) is 7.39. The van der Waals surface area contributed by atoms with Gasteiger partial charge in [-0.15, -0.1) is 0 Å². The Morgan fingerprint density at radius 2 is 1.95 bits per heavy atom. The predicted octanol–water partition coefficient (Wildman–Crippen LogP) is 5.00. The van der Waals surface area contributed by atoms with Gasteiger partial charge in [-0.1, -0.05) is 23.2 Å². The van der Waals surface area contributed by atoms with Crippen LogP contribution in [-0.4, -0.2) is 9.78 Å². The van der Waals surface area contributed by atoms with Gasteiger partial charge in [0, 0.05) is 22.6 Å². The minimum atomic E-state index is 0.346. The van der Waals surface area contributed by atoms with Gasteiger partial charge in [0.05, 0.1) is 17.1 Å². The summed E-state index contributed by atoms with van der Waals surface area (Å²) in [7, 11) is 0. The lowest BCUT2D eigenvalue weighted by molar-refractivity contribution is 0.516. The average molecular weight is 312 g/mol. The molecule has 2 aromatic rings. The molecular weight excluding hydrogens is 293 g/mol. The number of anilines is 1. The van der Waals surface area contributed by atoms with E-state index in [0.717, 1.165) is 22.6 Å². The highest BCUT2D eigenvalue weighted by molar-refractivity contribution is 6.33. The summed E-state index contributed by atoms with van der Waals surface area (Å²) in [5, 5.41) is 9.38. The Kier molecular flexibility index (Phi) is 4.61. The van der Waals surface area contributed by atoms with Crippen LogP contribution in [0.5, 0.6) is 0 Å². The molecule has 0 aliphatic carbocycles. The third kappa shape index (κ3) is 3.10. The van der Waals surface area contributed by atoms with Crippen LogP contribution in [0.15, 0.2) is 18.2 Å². The van der Waals surface area contributed by atoms with Crippen LogP contribution in [0.1, 0.15) is 36.8 Å². The van der Waals surface area contributed by atoms with Crippen LogP contribution >= 0.6 is 23.2 Å².